The van der Waals surface area contributed by atoms with Crippen molar-refractivity contribution in [3.05, 3.63) is 58.7 Å². The molecule has 0 radical (unpaired) electrons. The lowest BCUT2D eigenvalue weighted by molar-refractivity contribution is 0.0735. The van der Waals surface area contributed by atoms with Gasteiger partial charge in [0.05, 0.1) is 6.04 Å². The zero-order valence-corrected chi connectivity index (χ0v) is 14.7. The summed E-state index contributed by atoms with van der Waals surface area (Å²) in [6, 6.07) is 12.1. The lowest BCUT2D eigenvalue weighted by Crippen LogP contribution is -2.30. The molecular weight excluding hydrogens is 314 g/mol. The summed E-state index contributed by atoms with van der Waals surface area (Å²) in [7, 11) is 0. The molecule has 4 nitrogen and oxygen atoms in total. The Hall–Kier alpha value is -2.49. The van der Waals surface area contributed by atoms with Crippen LogP contribution < -0.4 is 9.47 Å². The first-order valence-corrected chi connectivity index (χ1v) is 8.91. The zero-order chi connectivity index (χ0) is 17.4. The van der Waals surface area contributed by atoms with Crippen molar-refractivity contribution in [2.24, 2.45) is 0 Å². The normalized spacial score (nSPS) is 19.1. The van der Waals surface area contributed by atoms with E-state index in [0.717, 1.165) is 47.6 Å². The third-order valence-electron chi connectivity index (χ3n) is 5.22. The van der Waals surface area contributed by atoms with Crippen LogP contribution in [0, 0.1) is 13.8 Å². The second-order valence-electron chi connectivity index (χ2n) is 6.86. The van der Waals surface area contributed by atoms with Gasteiger partial charge in [-0.15, -0.1) is 0 Å². The quantitative estimate of drug-likeness (QED) is 0.830. The first-order chi connectivity index (χ1) is 12.1. The molecule has 2 aliphatic rings. The molecule has 0 spiro atoms. The van der Waals surface area contributed by atoms with Crippen LogP contribution in [0.25, 0.3) is 0 Å². The summed E-state index contributed by atoms with van der Waals surface area (Å²) in [4.78, 5) is 15.0. The smallest absolute Gasteiger partial charge is 0.254 e. The largest absolute Gasteiger partial charge is 0.486 e. The van der Waals surface area contributed by atoms with Gasteiger partial charge in [-0.1, -0.05) is 12.1 Å². The molecule has 0 saturated carbocycles. The number of likely N-dealkylation sites (tertiary alicyclic amines) is 1. The second kappa shape index (κ2) is 6.43. The minimum Gasteiger partial charge on any atom is -0.486 e. The number of rotatable bonds is 2. The van der Waals surface area contributed by atoms with Crippen LogP contribution in [0.3, 0.4) is 0 Å². The van der Waals surface area contributed by atoms with Crippen molar-refractivity contribution >= 4 is 5.91 Å². The molecular formula is C21H23NO3. The van der Waals surface area contributed by atoms with Gasteiger partial charge in [0, 0.05) is 12.1 Å². The Bertz CT molecular complexity index is 815. The highest BCUT2D eigenvalue weighted by Crippen LogP contribution is 2.38. The second-order valence-corrected chi connectivity index (χ2v) is 6.86. The molecule has 1 saturated heterocycles. The Morgan fingerprint density at radius 2 is 1.80 bits per heavy atom. The summed E-state index contributed by atoms with van der Waals surface area (Å²) in [6.45, 7) is 6.08. The maximum Gasteiger partial charge on any atom is 0.254 e. The fourth-order valence-corrected chi connectivity index (χ4v) is 3.66. The number of amides is 1. The molecule has 2 heterocycles. The van der Waals surface area contributed by atoms with Gasteiger partial charge in [0.1, 0.15) is 13.2 Å². The number of hydrogen-bond donors (Lipinski definition) is 0. The molecule has 0 N–H and O–H groups in total. The predicted molar refractivity (Wildman–Crippen MR) is 96.4 cm³/mol. The van der Waals surface area contributed by atoms with Gasteiger partial charge in [-0.3, -0.25) is 4.79 Å². The van der Waals surface area contributed by atoms with Crippen LogP contribution in [-0.2, 0) is 0 Å². The Morgan fingerprint density at radius 3 is 2.60 bits per heavy atom. The number of carbonyl (C=O) groups is 1. The van der Waals surface area contributed by atoms with Crippen LogP contribution in [0.1, 0.15) is 45.9 Å². The molecule has 4 heteroatoms. The third kappa shape index (κ3) is 2.97. The van der Waals surface area contributed by atoms with E-state index < -0.39 is 0 Å². The fraction of sp³-hybridized carbons (Fsp3) is 0.381. The van der Waals surface area contributed by atoms with Gasteiger partial charge >= 0.3 is 0 Å². The summed E-state index contributed by atoms with van der Waals surface area (Å²) in [6.07, 6.45) is 2.01. The molecule has 130 valence electrons. The number of benzene rings is 2. The zero-order valence-electron chi connectivity index (χ0n) is 14.7. The van der Waals surface area contributed by atoms with Crippen molar-refractivity contribution in [2.75, 3.05) is 19.8 Å². The number of carbonyl (C=O) groups excluding carboxylic acids is 1. The van der Waals surface area contributed by atoms with Crippen LogP contribution in [0.2, 0.25) is 0 Å². The number of nitrogens with zero attached hydrogens (tertiary/aromatic N) is 1. The van der Waals surface area contributed by atoms with E-state index in [1.54, 1.807) is 0 Å². The average molecular weight is 337 g/mol. The van der Waals surface area contributed by atoms with E-state index in [-0.39, 0.29) is 11.9 Å². The first-order valence-electron chi connectivity index (χ1n) is 8.91. The summed E-state index contributed by atoms with van der Waals surface area (Å²) < 4.78 is 11.3. The molecule has 1 atom stereocenters. The van der Waals surface area contributed by atoms with Crippen molar-refractivity contribution in [3.63, 3.8) is 0 Å². The average Bonchev–Trinajstić information content (AvgIpc) is 3.12. The van der Waals surface area contributed by atoms with E-state index >= 15 is 0 Å². The fourth-order valence-electron chi connectivity index (χ4n) is 3.66. The summed E-state index contributed by atoms with van der Waals surface area (Å²) in [5, 5.41) is 0. The van der Waals surface area contributed by atoms with Gasteiger partial charge in [-0.25, -0.2) is 0 Å². The van der Waals surface area contributed by atoms with Gasteiger partial charge in [-0.2, -0.15) is 0 Å². The van der Waals surface area contributed by atoms with Gasteiger partial charge < -0.3 is 14.4 Å². The first kappa shape index (κ1) is 16.0. The molecule has 2 aliphatic heterocycles. The van der Waals surface area contributed by atoms with Crippen molar-refractivity contribution < 1.29 is 14.3 Å². The van der Waals surface area contributed by atoms with Crippen LogP contribution in [-0.4, -0.2) is 30.6 Å². The highest BCUT2D eigenvalue weighted by atomic mass is 16.6. The maximum absolute atomic E-state index is 13.1. The van der Waals surface area contributed by atoms with E-state index in [1.165, 1.54) is 5.56 Å². The Labute approximate surface area is 148 Å². The number of fused-ring (bicyclic) bond motifs is 1. The van der Waals surface area contributed by atoms with Crippen molar-refractivity contribution in [2.45, 2.75) is 32.7 Å². The molecule has 1 unspecified atom stereocenters. The molecule has 1 amide bonds. The Morgan fingerprint density at radius 1 is 1.00 bits per heavy atom. The van der Waals surface area contributed by atoms with Crippen LogP contribution in [0.15, 0.2) is 36.4 Å². The molecule has 0 aliphatic carbocycles. The molecule has 0 aromatic heterocycles. The Balaban J connectivity index is 1.61. The van der Waals surface area contributed by atoms with E-state index in [2.05, 4.69) is 13.0 Å². The van der Waals surface area contributed by atoms with Gasteiger partial charge in [0.15, 0.2) is 11.5 Å². The van der Waals surface area contributed by atoms with Gasteiger partial charge in [0.25, 0.3) is 5.91 Å². The van der Waals surface area contributed by atoms with Crippen molar-refractivity contribution in [1.29, 1.82) is 0 Å². The minimum absolute atomic E-state index is 0.102. The van der Waals surface area contributed by atoms with Crippen LogP contribution >= 0.6 is 0 Å². The van der Waals surface area contributed by atoms with Gasteiger partial charge in [-0.05, 0) is 67.6 Å². The van der Waals surface area contributed by atoms with Crippen LogP contribution in [0.5, 0.6) is 11.5 Å². The predicted octanol–water partition coefficient (Wildman–Crippen LogP) is 4.05. The standard InChI is InChI=1S/C21H23NO3/c1-14-5-6-17(12-15(14)2)21(23)22-9-3-4-18(22)16-7-8-19-20(13-16)25-11-10-24-19/h5-8,12-13,18H,3-4,9-11H2,1-2H3. The molecule has 2 aromatic carbocycles. The van der Waals surface area contributed by atoms with E-state index in [4.69, 9.17) is 9.47 Å². The maximum atomic E-state index is 13.1. The van der Waals surface area contributed by atoms with Crippen LogP contribution in [0.4, 0.5) is 0 Å². The summed E-state index contributed by atoms with van der Waals surface area (Å²) in [5.74, 6) is 1.69. The van der Waals surface area contributed by atoms with Gasteiger partial charge in [0.2, 0.25) is 0 Å². The summed E-state index contributed by atoms with van der Waals surface area (Å²) in [5.41, 5.74) is 4.26. The monoisotopic (exact) mass is 337 g/mol. The highest BCUT2D eigenvalue weighted by molar-refractivity contribution is 5.95. The number of ether oxygens (including phenoxy) is 2. The topological polar surface area (TPSA) is 38.8 Å². The van der Waals surface area contributed by atoms with Crippen molar-refractivity contribution in [3.8, 4) is 11.5 Å². The number of hydrogen-bond acceptors (Lipinski definition) is 3. The lowest BCUT2D eigenvalue weighted by Gasteiger charge is -2.27. The molecule has 1 fully saturated rings. The van der Waals surface area contributed by atoms with E-state index in [0.29, 0.717) is 13.2 Å². The summed E-state index contributed by atoms with van der Waals surface area (Å²) >= 11 is 0. The third-order valence-corrected chi connectivity index (χ3v) is 5.22. The van der Waals surface area contributed by atoms with Crippen molar-refractivity contribution in [1.82, 2.24) is 4.90 Å². The molecule has 2 aromatic rings. The molecule has 0 bridgehead atoms. The molecule has 4 rings (SSSR count). The highest BCUT2D eigenvalue weighted by Gasteiger charge is 2.31. The number of aryl methyl sites for hydroxylation is 2. The minimum atomic E-state index is 0.102. The SMILES string of the molecule is Cc1ccc(C(=O)N2CCCC2c2ccc3c(c2)OCCO3)cc1C. The van der Waals surface area contributed by atoms with E-state index in [9.17, 15) is 4.79 Å². The Kier molecular flexibility index (Phi) is 4.12. The lowest BCUT2D eigenvalue weighted by atomic mass is 10.0. The molecule has 25 heavy (non-hydrogen) atoms. The van der Waals surface area contributed by atoms with E-state index in [1.807, 2.05) is 42.2 Å².